The van der Waals surface area contributed by atoms with Gasteiger partial charge in [-0.3, -0.25) is 0 Å². The summed E-state index contributed by atoms with van der Waals surface area (Å²) in [7, 11) is 0. The number of nitrogens with one attached hydrogen (secondary N) is 1. The molecule has 6 nitrogen and oxygen atoms in total. The normalized spacial score (nSPS) is 17.1. The van der Waals surface area contributed by atoms with E-state index in [4.69, 9.17) is 9.47 Å². The zero-order chi connectivity index (χ0) is 18.2. The fraction of sp³-hybridized carbons (Fsp3) is 0.238. The van der Waals surface area contributed by atoms with Crippen molar-refractivity contribution in [3.8, 4) is 11.5 Å². The number of nitrogens with zero attached hydrogens (tertiary/aromatic N) is 3. The van der Waals surface area contributed by atoms with E-state index in [0.29, 0.717) is 12.6 Å². The number of rotatable bonds is 4. The van der Waals surface area contributed by atoms with E-state index in [-0.39, 0.29) is 6.79 Å². The Kier molecular flexibility index (Phi) is 3.81. The van der Waals surface area contributed by atoms with E-state index < -0.39 is 0 Å². The second-order valence-corrected chi connectivity index (χ2v) is 6.85. The fourth-order valence-corrected chi connectivity index (χ4v) is 3.73. The molecule has 27 heavy (non-hydrogen) atoms. The second-order valence-electron chi connectivity index (χ2n) is 6.85. The third-order valence-electron chi connectivity index (χ3n) is 5.02. The average Bonchev–Trinajstić information content (AvgIpc) is 3.29. The number of benzene rings is 2. The van der Waals surface area contributed by atoms with Crippen LogP contribution in [0.1, 0.15) is 18.1 Å². The lowest BCUT2D eigenvalue weighted by molar-refractivity contribution is 0.174. The van der Waals surface area contributed by atoms with Crippen molar-refractivity contribution in [2.75, 3.05) is 17.0 Å². The van der Waals surface area contributed by atoms with Gasteiger partial charge in [-0.1, -0.05) is 24.3 Å². The van der Waals surface area contributed by atoms with Crippen LogP contribution in [0.25, 0.3) is 0 Å². The van der Waals surface area contributed by atoms with Crippen LogP contribution in [-0.2, 0) is 13.0 Å². The van der Waals surface area contributed by atoms with Crippen LogP contribution in [0.2, 0.25) is 0 Å². The van der Waals surface area contributed by atoms with Gasteiger partial charge < -0.3 is 19.7 Å². The minimum Gasteiger partial charge on any atom is -0.454 e. The molecule has 0 aliphatic carbocycles. The van der Waals surface area contributed by atoms with Crippen LogP contribution >= 0.6 is 0 Å². The highest BCUT2D eigenvalue weighted by Gasteiger charge is 2.27. The van der Waals surface area contributed by atoms with E-state index in [2.05, 4.69) is 51.4 Å². The average molecular weight is 360 g/mol. The maximum absolute atomic E-state index is 5.44. The smallest absolute Gasteiger partial charge is 0.231 e. The number of anilines is 3. The quantitative estimate of drug-likeness (QED) is 0.761. The Morgan fingerprint density at radius 3 is 2.93 bits per heavy atom. The molecule has 3 heterocycles. The highest BCUT2D eigenvalue weighted by Crippen LogP contribution is 2.37. The summed E-state index contributed by atoms with van der Waals surface area (Å²) in [6, 6.07) is 16.8. The van der Waals surface area contributed by atoms with Gasteiger partial charge in [0.2, 0.25) is 6.79 Å². The minimum absolute atomic E-state index is 0.289. The number of aromatic nitrogens is 2. The van der Waals surface area contributed by atoms with Gasteiger partial charge in [-0.25, -0.2) is 9.97 Å². The number of fused-ring (bicyclic) bond motifs is 2. The van der Waals surface area contributed by atoms with Crippen LogP contribution in [0, 0.1) is 0 Å². The zero-order valence-electron chi connectivity index (χ0n) is 15.1. The largest absolute Gasteiger partial charge is 0.454 e. The van der Waals surface area contributed by atoms with E-state index >= 15 is 0 Å². The standard InChI is InChI=1S/C21H20N4O2/c1-14-8-16-4-2-3-5-17(16)25(14)21-10-20(23-12-24-21)22-11-15-6-7-18-19(9-15)27-13-26-18/h2-7,9-10,12,14H,8,11,13H2,1H3,(H,22,23,24). The zero-order valence-corrected chi connectivity index (χ0v) is 15.1. The summed E-state index contributed by atoms with van der Waals surface area (Å²) in [6.45, 7) is 3.16. The topological polar surface area (TPSA) is 59.5 Å². The summed E-state index contributed by atoms with van der Waals surface area (Å²) in [5.74, 6) is 3.30. The van der Waals surface area contributed by atoms with Gasteiger partial charge in [0.25, 0.3) is 0 Å². The molecule has 5 rings (SSSR count). The molecule has 6 heteroatoms. The van der Waals surface area contributed by atoms with Crippen molar-refractivity contribution < 1.29 is 9.47 Å². The summed E-state index contributed by atoms with van der Waals surface area (Å²) in [5, 5.41) is 3.38. The first-order valence-corrected chi connectivity index (χ1v) is 9.09. The number of para-hydroxylation sites is 1. The van der Waals surface area contributed by atoms with Crippen LogP contribution in [-0.4, -0.2) is 22.8 Å². The maximum atomic E-state index is 5.44. The highest BCUT2D eigenvalue weighted by atomic mass is 16.7. The molecule has 1 atom stereocenters. The van der Waals surface area contributed by atoms with Crippen molar-refractivity contribution >= 4 is 17.3 Å². The Morgan fingerprint density at radius 1 is 1.07 bits per heavy atom. The van der Waals surface area contributed by atoms with Gasteiger partial charge in [-0.05, 0) is 42.7 Å². The van der Waals surface area contributed by atoms with Crippen molar-refractivity contribution in [1.29, 1.82) is 0 Å². The van der Waals surface area contributed by atoms with Gasteiger partial charge >= 0.3 is 0 Å². The number of hydrogen-bond acceptors (Lipinski definition) is 6. The van der Waals surface area contributed by atoms with Gasteiger partial charge in [0.1, 0.15) is 18.0 Å². The van der Waals surface area contributed by atoms with Crippen LogP contribution in [0.15, 0.2) is 54.9 Å². The summed E-state index contributed by atoms with van der Waals surface area (Å²) in [4.78, 5) is 11.2. The molecule has 3 aromatic rings. The van der Waals surface area contributed by atoms with Crippen molar-refractivity contribution in [3.63, 3.8) is 0 Å². The van der Waals surface area contributed by atoms with Crippen LogP contribution in [0.5, 0.6) is 11.5 Å². The molecule has 1 unspecified atom stereocenters. The first-order chi connectivity index (χ1) is 13.3. The van der Waals surface area contributed by atoms with Gasteiger partial charge in [-0.15, -0.1) is 0 Å². The molecular weight excluding hydrogens is 340 g/mol. The first kappa shape index (κ1) is 15.9. The Balaban J connectivity index is 1.35. The number of ether oxygens (including phenoxy) is 2. The van der Waals surface area contributed by atoms with E-state index in [9.17, 15) is 0 Å². The minimum atomic E-state index is 0.289. The molecule has 1 N–H and O–H groups in total. The van der Waals surface area contributed by atoms with Gasteiger partial charge in [0.15, 0.2) is 11.5 Å². The van der Waals surface area contributed by atoms with E-state index in [0.717, 1.165) is 35.1 Å². The molecule has 2 aromatic carbocycles. The van der Waals surface area contributed by atoms with Gasteiger partial charge in [0, 0.05) is 24.3 Å². The Bertz CT molecular complexity index is 991. The van der Waals surface area contributed by atoms with E-state index in [1.807, 2.05) is 24.3 Å². The molecule has 0 spiro atoms. The SMILES string of the molecule is CC1Cc2ccccc2N1c1cc(NCc2ccc3c(c2)OCO3)ncn1. The lowest BCUT2D eigenvalue weighted by atomic mass is 10.1. The predicted octanol–water partition coefficient (Wildman–Crippen LogP) is 3.90. The molecule has 0 saturated heterocycles. The van der Waals surface area contributed by atoms with Crippen LogP contribution in [0.4, 0.5) is 17.3 Å². The third-order valence-corrected chi connectivity index (χ3v) is 5.02. The van der Waals surface area contributed by atoms with Crippen molar-refractivity contribution in [3.05, 3.63) is 66.0 Å². The Labute approximate surface area is 157 Å². The summed E-state index contributed by atoms with van der Waals surface area (Å²) in [5.41, 5.74) is 3.70. The maximum Gasteiger partial charge on any atom is 0.231 e. The monoisotopic (exact) mass is 360 g/mol. The summed E-state index contributed by atoms with van der Waals surface area (Å²) in [6.07, 6.45) is 2.64. The molecular formula is C21H20N4O2. The third kappa shape index (κ3) is 2.93. The first-order valence-electron chi connectivity index (χ1n) is 9.09. The molecule has 0 bridgehead atoms. The van der Waals surface area contributed by atoms with Crippen LogP contribution in [0.3, 0.4) is 0 Å². The van der Waals surface area contributed by atoms with Crippen LogP contribution < -0.4 is 19.7 Å². The molecule has 0 radical (unpaired) electrons. The molecule has 0 fully saturated rings. The predicted molar refractivity (Wildman–Crippen MR) is 104 cm³/mol. The Hall–Kier alpha value is -3.28. The molecule has 0 amide bonds. The Morgan fingerprint density at radius 2 is 1.96 bits per heavy atom. The highest BCUT2D eigenvalue weighted by molar-refractivity contribution is 5.70. The van der Waals surface area contributed by atoms with Crippen molar-refractivity contribution in [1.82, 2.24) is 9.97 Å². The fourth-order valence-electron chi connectivity index (χ4n) is 3.73. The van der Waals surface area contributed by atoms with Crippen molar-refractivity contribution in [2.24, 2.45) is 0 Å². The lowest BCUT2D eigenvalue weighted by Crippen LogP contribution is -2.25. The van der Waals surface area contributed by atoms with E-state index in [1.165, 1.54) is 11.3 Å². The van der Waals surface area contributed by atoms with E-state index in [1.54, 1.807) is 6.33 Å². The summed E-state index contributed by atoms with van der Waals surface area (Å²) >= 11 is 0. The lowest BCUT2D eigenvalue weighted by Gasteiger charge is -2.24. The molecule has 1 aromatic heterocycles. The van der Waals surface area contributed by atoms with Gasteiger partial charge in [0.05, 0.1) is 0 Å². The van der Waals surface area contributed by atoms with Crippen molar-refractivity contribution in [2.45, 2.75) is 25.9 Å². The van der Waals surface area contributed by atoms with Gasteiger partial charge in [-0.2, -0.15) is 0 Å². The molecule has 2 aliphatic heterocycles. The molecule has 136 valence electrons. The molecule has 0 saturated carbocycles. The summed E-state index contributed by atoms with van der Waals surface area (Å²) < 4.78 is 10.8. The second kappa shape index (κ2) is 6.46. The number of hydrogen-bond donors (Lipinski definition) is 1. The molecule has 2 aliphatic rings.